The van der Waals surface area contributed by atoms with Crippen LogP contribution < -0.4 is 10.1 Å². The number of ether oxygens (including phenoxy) is 2. The van der Waals surface area contributed by atoms with Gasteiger partial charge in [0.1, 0.15) is 11.9 Å². The molecule has 1 saturated carbocycles. The molecular formula is C21H28N2O4. The fraction of sp³-hybridized carbons (Fsp3) is 0.619. The molecule has 2 heterocycles. The van der Waals surface area contributed by atoms with Gasteiger partial charge >= 0.3 is 0 Å². The molecule has 2 saturated heterocycles. The van der Waals surface area contributed by atoms with Crippen LogP contribution in [-0.2, 0) is 9.53 Å². The van der Waals surface area contributed by atoms with Gasteiger partial charge in [0.25, 0.3) is 5.91 Å². The standard InChI is InChI=1S/C21H28N2O4/c24-20(22-14-19-2-1-13-26-19)15-5-7-17(8-6-15)27-18-9-11-23(12-10-18)21(25)16-3-4-16/h5-8,16,18-19H,1-4,9-14H2,(H,22,24)/t19-/m1/s1. The lowest BCUT2D eigenvalue weighted by atomic mass is 10.1. The van der Waals surface area contributed by atoms with Crippen LogP contribution in [-0.4, -0.2) is 55.2 Å². The van der Waals surface area contributed by atoms with Gasteiger partial charge in [-0.3, -0.25) is 9.59 Å². The monoisotopic (exact) mass is 372 g/mol. The summed E-state index contributed by atoms with van der Waals surface area (Å²) in [6.07, 6.45) is 6.20. The first kappa shape index (κ1) is 18.3. The molecule has 2 amide bonds. The Morgan fingerprint density at radius 2 is 1.81 bits per heavy atom. The van der Waals surface area contributed by atoms with Gasteiger partial charge in [-0.25, -0.2) is 0 Å². The molecule has 0 bridgehead atoms. The minimum Gasteiger partial charge on any atom is -0.490 e. The van der Waals surface area contributed by atoms with Crippen molar-refractivity contribution in [2.75, 3.05) is 26.2 Å². The van der Waals surface area contributed by atoms with Gasteiger partial charge in [-0.2, -0.15) is 0 Å². The van der Waals surface area contributed by atoms with E-state index in [0.29, 0.717) is 23.9 Å². The quantitative estimate of drug-likeness (QED) is 0.833. The maximum Gasteiger partial charge on any atom is 0.251 e. The van der Waals surface area contributed by atoms with E-state index >= 15 is 0 Å². The van der Waals surface area contributed by atoms with Crippen LogP contribution in [0.3, 0.4) is 0 Å². The SMILES string of the molecule is O=C(NC[C@H]1CCCO1)c1ccc(OC2CCN(C(=O)C3CC3)CC2)cc1. The summed E-state index contributed by atoms with van der Waals surface area (Å²) in [4.78, 5) is 26.3. The van der Waals surface area contributed by atoms with Crippen LogP contribution in [0.5, 0.6) is 5.75 Å². The highest BCUT2D eigenvalue weighted by Gasteiger charge is 2.35. The highest BCUT2D eigenvalue weighted by atomic mass is 16.5. The molecule has 1 atom stereocenters. The molecule has 146 valence electrons. The van der Waals surface area contributed by atoms with Crippen molar-refractivity contribution in [3.63, 3.8) is 0 Å². The number of piperidine rings is 1. The van der Waals surface area contributed by atoms with Crippen molar-refractivity contribution in [3.05, 3.63) is 29.8 Å². The second-order valence-corrected chi connectivity index (χ2v) is 7.79. The molecule has 2 aliphatic heterocycles. The fourth-order valence-corrected chi connectivity index (χ4v) is 3.77. The number of nitrogens with zero attached hydrogens (tertiary/aromatic N) is 1. The van der Waals surface area contributed by atoms with Gasteiger partial charge < -0.3 is 19.7 Å². The Labute approximate surface area is 160 Å². The average molecular weight is 372 g/mol. The maximum absolute atomic E-state index is 12.2. The van der Waals surface area contributed by atoms with Gasteiger partial charge in [-0.05, 0) is 49.9 Å². The molecule has 27 heavy (non-hydrogen) atoms. The topological polar surface area (TPSA) is 67.9 Å². The summed E-state index contributed by atoms with van der Waals surface area (Å²) >= 11 is 0. The predicted molar refractivity (Wildman–Crippen MR) is 101 cm³/mol. The molecule has 1 aromatic carbocycles. The van der Waals surface area contributed by atoms with E-state index in [1.54, 1.807) is 12.1 Å². The molecule has 3 aliphatic rings. The second kappa shape index (κ2) is 8.30. The van der Waals surface area contributed by atoms with Crippen LogP contribution in [0.4, 0.5) is 0 Å². The van der Waals surface area contributed by atoms with Gasteiger partial charge in [-0.1, -0.05) is 0 Å². The first-order chi connectivity index (χ1) is 13.2. The Morgan fingerprint density at radius 3 is 2.44 bits per heavy atom. The lowest BCUT2D eigenvalue weighted by Gasteiger charge is -2.32. The average Bonchev–Trinajstić information content (AvgIpc) is 3.42. The lowest BCUT2D eigenvalue weighted by Crippen LogP contribution is -2.42. The van der Waals surface area contributed by atoms with Gasteiger partial charge in [0.2, 0.25) is 5.91 Å². The van der Waals surface area contributed by atoms with E-state index in [1.165, 1.54) is 0 Å². The predicted octanol–water partition coefficient (Wildman–Crippen LogP) is 2.38. The number of benzene rings is 1. The molecular weight excluding hydrogens is 344 g/mol. The molecule has 6 nitrogen and oxygen atoms in total. The Kier molecular flexibility index (Phi) is 5.62. The van der Waals surface area contributed by atoms with Crippen LogP contribution in [0, 0.1) is 5.92 Å². The van der Waals surface area contributed by atoms with Crippen molar-refractivity contribution in [2.24, 2.45) is 5.92 Å². The highest BCUT2D eigenvalue weighted by Crippen LogP contribution is 2.32. The number of rotatable bonds is 6. The first-order valence-corrected chi connectivity index (χ1v) is 10.1. The maximum atomic E-state index is 12.2. The fourth-order valence-electron chi connectivity index (χ4n) is 3.77. The van der Waals surface area contributed by atoms with E-state index < -0.39 is 0 Å². The third-order valence-corrected chi connectivity index (χ3v) is 5.61. The smallest absolute Gasteiger partial charge is 0.251 e. The number of nitrogens with one attached hydrogen (secondary N) is 1. The number of amides is 2. The van der Waals surface area contributed by atoms with Crippen molar-refractivity contribution in [3.8, 4) is 5.75 Å². The Bertz CT molecular complexity index is 657. The van der Waals surface area contributed by atoms with Gasteiger partial charge in [-0.15, -0.1) is 0 Å². The van der Waals surface area contributed by atoms with Crippen molar-refractivity contribution >= 4 is 11.8 Å². The normalized spacial score (nSPS) is 23.3. The summed E-state index contributed by atoms with van der Waals surface area (Å²) in [6, 6.07) is 7.29. The van der Waals surface area contributed by atoms with Crippen LogP contribution >= 0.6 is 0 Å². The summed E-state index contributed by atoms with van der Waals surface area (Å²) in [5.74, 6) is 1.31. The largest absolute Gasteiger partial charge is 0.490 e. The number of carbonyl (C=O) groups is 2. The first-order valence-electron chi connectivity index (χ1n) is 10.1. The molecule has 1 N–H and O–H groups in total. The lowest BCUT2D eigenvalue weighted by molar-refractivity contribution is -0.134. The van der Waals surface area contributed by atoms with Crippen LogP contribution in [0.2, 0.25) is 0 Å². The Morgan fingerprint density at radius 1 is 1.07 bits per heavy atom. The molecule has 6 heteroatoms. The second-order valence-electron chi connectivity index (χ2n) is 7.79. The zero-order valence-electron chi connectivity index (χ0n) is 15.7. The van der Waals surface area contributed by atoms with Crippen molar-refractivity contribution < 1.29 is 19.1 Å². The van der Waals surface area contributed by atoms with E-state index in [1.807, 2.05) is 17.0 Å². The summed E-state index contributed by atoms with van der Waals surface area (Å²) in [5.41, 5.74) is 0.630. The molecule has 0 radical (unpaired) electrons. The molecule has 0 spiro atoms. The Balaban J connectivity index is 1.22. The molecule has 1 aliphatic carbocycles. The van der Waals surface area contributed by atoms with Gasteiger partial charge in [0.15, 0.2) is 0 Å². The molecule has 0 unspecified atom stereocenters. The highest BCUT2D eigenvalue weighted by molar-refractivity contribution is 5.94. The number of hydrogen-bond acceptors (Lipinski definition) is 4. The van der Waals surface area contributed by atoms with E-state index in [4.69, 9.17) is 9.47 Å². The third-order valence-electron chi connectivity index (χ3n) is 5.61. The molecule has 0 aromatic heterocycles. The molecule has 1 aromatic rings. The number of hydrogen-bond donors (Lipinski definition) is 1. The number of likely N-dealkylation sites (tertiary alicyclic amines) is 1. The van der Waals surface area contributed by atoms with Crippen LogP contribution in [0.15, 0.2) is 24.3 Å². The summed E-state index contributed by atoms with van der Waals surface area (Å²) in [5, 5.41) is 2.93. The molecule has 4 rings (SSSR count). The minimum atomic E-state index is -0.0797. The van der Waals surface area contributed by atoms with Crippen molar-refractivity contribution in [2.45, 2.75) is 50.7 Å². The van der Waals surface area contributed by atoms with Crippen LogP contribution in [0.1, 0.15) is 48.9 Å². The van der Waals surface area contributed by atoms with Crippen LogP contribution in [0.25, 0.3) is 0 Å². The van der Waals surface area contributed by atoms with Gasteiger partial charge in [0.05, 0.1) is 6.10 Å². The Hall–Kier alpha value is -2.08. The number of carbonyl (C=O) groups excluding carboxylic acids is 2. The van der Waals surface area contributed by atoms with Crippen molar-refractivity contribution in [1.29, 1.82) is 0 Å². The van der Waals surface area contributed by atoms with Gasteiger partial charge in [0, 0.05) is 50.6 Å². The zero-order valence-corrected chi connectivity index (χ0v) is 15.7. The minimum absolute atomic E-state index is 0.0797. The summed E-state index contributed by atoms with van der Waals surface area (Å²) in [6.45, 7) is 2.92. The van der Waals surface area contributed by atoms with E-state index in [-0.39, 0.29) is 18.1 Å². The van der Waals surface area contributed by atoms with Crippen molar-refractivity contribution in [1.82, 2.24) is 10.2 Å². The van der Waals surface area contributed by atoms with E-state index in [9.17, 15) is 9.59 Å². The summed E-state index contributed by atoms with van der Waals surface area (Å²) < 4.78 is 11.6. The zero-order chi connectivity index (χ0) is 18.6. The van der Waals surface area contributed by atoms with E-state index in [2.05, 4.69) is 5.32 Å². The third kappa shape index (κ3) is 4.80. The summed E-state index contributed by atoms with van der Waals surface area (Å²) in [7, 11) is 0. The van der Waals surface area contributed by atoms with E-state index in [0.717, 1.165) is 64.0 Å². The molecule has 3 fully saturated rings.